The zero-order valence-electron chi connectivity index (χ0n) is 16.0. The minimum absolute atomic E-state index is 0.0820. The summed E-state index contributed by atoms with van der Waals surface area (Å²) in [6, 6.07) is 18.1. The number of carbonyl (C=O) groups is 1. The first kappa shape index (κ1) is 20.2. The highest BCUT2D eigenvalue weighted by molar-refractivity contribution is 6.33. The first-order chi connectivity index (χ1) is 15.0. The summed E-state index contributed by atoms with van der Waals surface area (Å²) in [5.74, 6) is -0.434. The van der Waals surface area contributed by atoms with E-state index in [0.717, 1.165) is 0 Å². The van der Waals surface area contributed by atoms with Gasteiger partial charge in [-0.1, -0.05) is 35.9 Å². The van der Waals surface area contributed by atoms with Crippen LogP contribution in [-0.4, -0.2) is 21.6 Å². The van der Waals surface area contributed by atoms with Gasteiger partial charge in [0.15, 0.2) is 5.43 Å². The minimum Gasteiger partial charge on any atom is -0.331 e. The number of non-ortho nitro benzene ring substituents is 1. The van der Waals surface area contributed by atoms with Crippen LogP contribution >= 0.6 is 11.6 Å². The van der Waals surface area contributed by atoms with Gasteiger partial charge in [-0.25, -0.2) is 5.43 Å². The quantitative estimate of drug-likeness (QED) is 0.223. The van der Waals surface area contributed by atoms with Crippen LogP contribution in [0.25, 0.3) is 21.8 Å². The summed E-state index contributed by atoms with van der Waals surface area (Å²) in [5.41, 5.74) is 3.74. The number of hydrogen-bond acceptors (Lipinski definition) is 5. The number of rotatable bonds is 5. The van der Waals surface area contributed by atoms with Gasteiger partial charge in [0.25, 0.3) is 11.6 Å². The predicted octanol–water partition coefficient (Wildman–Crippen LogP) is 3.87. The maximum absolute atomic E-state index is 12.8. The van der Waals surface area contributed by atoms with E-state index in [9.17, 15) is 19.7 Å². The van der Waals surface area contributed by atoms with E-state index in [1.165, 1.54) is 24.4 Å². The third-order valence-electron chi connectivity index (χ3n) is 4.76. The summed E-state index contributed by atoms with van der Waals surface area (Å²) in [5, 5.41) is 16.1. The molecule has 0 saturated carbocycles. The molecule has 154 valence electrons. The number of pyridine rings is 1. The molecule has 0 fully saturated rings. The lowest BCUT2D eigenvalue weighted by molar-refractivity contribution is -0.384. The van der Waals surface area contributed by atoms with Crippen molar-refractivity contribution in [3.8, 4) is 0 Å². The second-order valence-electron chi connectivity index (χ2n) is 6.71. The van der Waals surface area contributed by atoms with Crippen LogP contribution in [0.5, 0.6) is 0 Å². The van der Waals surface area contributed by atoms with Crippen LogP contribution in [0, 0.1) is 10.1 Å². The van der Waals surface area contributed by atoms with E-state index in [0.29, 0.717) is 27.4 Å². The van der Waals surface area contributed by atoms with Crippen LogP contribution in [0.4, 0.5) is 5.69 Å². The van der Waals surface area contributed by atoms with E-state index in [1.807, 2.05) is 0 Å². The van der Waals surface area contributed by atoms with Gasteiger partial charge in [0.2, 0.25) is 0 Å². The first-order valence-electron chi connectivity index (χ1n) is 9.22. The van der Waals surface area contributed by atoms with Crippen molar-refractivity contribution in [3.05, 3.63) is 97.7 Å². The number of nitro benzene ring substituents is 1. The standard InChI is InChI=1S/C22H15ClN4O4/c23-18-10-9-15(27(30)31)11-14(18)12-24-25-21(28)13-26-19-7-3-1-5-16(19)22(29)17-6-2-4-8-20(17)26/h1-12H,13H2,(H,25,28)/b24-12-. The first-order valence-corrected chi connectivity index (χ1v) is 9.59. The van der Waals surface area contributed by atoms with Gasteiger partial charge in [0, 0.05) is 33.5 Å². The molecule has 0 spiro atoms. The Morgan fingerprint density at radius 3 is 2.29 bits per heavy atom. The van der Waals surface area contributed by atoms with Gasteiger partial charge >= 0.3 is 0 Å². The number of nitro groups is 1. The average molecular weight is 435 g/mol. The molecule has 4 aromatic rings. The Hall–Kier alpha value is -4.04. The molecular formula is C22H15ClN4O4. The van der Waals surface area contributed by atoms with Gasteiger partial charge in [-0.3, -0.25) is 19.7 Å². The average Bonchev–Trinajstić information content (AvgIpc) is 2.77. The number of fused-ring (bicyclic) bond motifs is 2. The maximum Gasteiger partial charge on any atom is 0.270 e. The fraction of sp³-hybridized carbons (Fsp3) is 0.0455. The molecule has 1 heterocycles. The Morgan fingerprint density at radius 2 is 1.68 bits per heavy atom. The van der Waals surface area contributed by atoms with E-state index in [-0.39, 0.29) is 22.7 Å². The van der Waals surface area contributed by atoms with Gasteiger partial charge in [-0.2, -0.15) is 5.10 Å². The number of hydrazone groups is 1. The Kier molecular flexibility index (Phi) is 5.46. The Morgan fingerprint density at radius 1 is 1.06 bits per heavy atom. The number of halogens is 1. The molecule has 3 aromatic carbocycles. The summed E-state index contributed by atoms with van der Waals surface area (Å²) in [6.07, 6.45) is 1.24. The van der Waals surface area contributed by atoms with Crippen molar-refractivity contribution < 1.29 is 9.72 Å². The van der Waals surface area contributed by atoms with E-state index in [4.69, 9.17) is 11.6 Å². The maximum atomic E-state index is 12.8. The number of amides is 1. The lowest BCUT2D eigenvalue weighted by atomic mass is 10.1. The van der Waals surface area contributed by atoms with Crippen LogP contribution in [0.15, 0.2) is 76.6 Å². The minimum atomic E-state index is -0.543. The largest absolute Gasteiger partial charge is 0.331 e. The molecule has 0 bridgehead atoms. The molecule has 1 N–H and O–H groups in total. The van der Waals surface area contributed by atoms with Crippen molar-refractivity contribution in [1.29, 1.82) is 0 Å². The number of nitrogens with zero attached hydrogens (tertiary/aromatic N) is 3. The Labute approximate surface area is 180 Å². The number of aromatic nitrogens is 1. The zero-order chi connectivity index (χ0) is 22.0. The molecule has 0 atom stereocenters. The van der Waals surface area contributed by atoms with Gasteiger partial charge in [0.1, 0.15) is 6.54 Å². The molecule has 1 aromatic heterocycles. The molecule has 4 rings (SSSR count). The Bertz CT molecular complexity index is 1370. The molecule has 0 aliphatic rings. The van der Waals surface area contributed by atoms with Gasteiger partial charge in [0.05, 0.1) is 22.2 Å². The number of hydrogen-bond donors (Lipinski definition) is 1. The van der Waals surface area contributed by atoms with Crippen LogP contribution in [0.3, 0.4) is 0 Å². The van der Waals surface area contributed by atoms with Crippen molar-refractivity contribution in [3.63, 3.8) is 0 Å². The molecule has 9 heteroatoms. The molecule has 8 nitrogen and oxygen atoms in total. The van der Waals surface area contributed by atoms with Crippen molar-refractivity contribution >= 4 is 51.2 Å². The molecule has 0 aliphatic heterocycles. The van der Waals surface area contributed by atoms with Crippen molar-refractivity contribution in [2.24, 2.45) is 5.10 Å². The number of benzene rings is 3. The molecule has 0 aliphatic carbocycles. The smallest absolute Gasteiger partial charge is 0.270 e. The highest BCUT2D eigenvalue weighted by atomic mass is 35.5. The third kappa shape index (κ3) is 4.01. The van der Waals surface area contributed by atoms with Crippen LogP contribution in [-0.2, 0) is 11.3 Å². The summed E-state index contributed by atoms with van der Waals surface area (Å²) in [6.45, 7) is -0.0820. The topological polar surface area (TPSA) is 107 Å². The van der Waals surface area contributed by atoms with Gasteiger partial charge < -0.3 is 4.57 Å². The van der Waals surface area contributed by atoms with E-state index >= 15 is 0 Å². The monoisotopic (exact) mass is 434 g/mol. The van der Waals surface area contributed by atoms with Crippen LogP contribution in [0.1, 0.15) is 5.56 Å². The number of carbonyl (C=O) groups excluding carboxylic acids is 1. The highest BCUT2D eigenvalue weighted by Gasteiger charge is 2.13. The van der Waals surface area contributed by atoms with E-state index < -0.39 is 10.8 Å². The lowest BCUT2D eigenvalue weighted by Crippen LogP contribution is -2.25. The summed E-state index contributed by atoms with van der Waals surface area (Å²) in [7, 11) is 0. The highest BCUT2D eigenvalue weighted by Crippen LogP contribution is 2.21. The molecule has 0 radical (unpaired) electrons. The molecule has 31 heavy (non-hydrogen) atoms. The van der Waals surface area contributed by atoms with Crippen LogP contribution < -0.4 is 10.9 Å². The van der Waals surface area contributed by atoms with E-state index in [2.05, 4.69) is 10.5 Å². The fourth-order valence-electron chi connectivity index (χ4n) is 3.34. The second-order valence-corrected chi connectivity index (χ2v) is 7.11. The van der Waals surface area contributed by atoms with Gasteiger partial charge in [-0.05, 0) is 30.3 Å². The summed E-state index contributed by atoms with van der Waals surface area (Å²) in [4.78, 5) is 35.7. The lowest BCUT2D eigenvalue weighted by Gasteiger charge is -2.14. The van der Waals surface area contributed by atoms with Crippen molar-refractivity contribution in [2.75, 3.05) is 0 Å². The fourth-order valence-corrected chi connectivity index (χ4v) is 3.51. The summed E-state index contributed by atoms with van der Waals surface area (Å²) >= 11 is 6.03. The Balaban J connectivity index is 1.63. The van der Waals surface area contributed by atoms with Gasteiger partial charge in [-0.15, -0.1) is 0 Å². The molecule has 1 amide bonds. The predicted molar refractivity (Wildman–Crippen MR) is 120 cm³/mol. The second kappa shape index (κ2) is 8.37. The van der Waals surface area contributed by atoms with Crippen molar-refractivity contribution in [2.45, 2.75) is 6.54 Å². The zero-order valence-corrected chi connectivity index (χ0v) is 16.7. The summed E-state index contributed by atoms with van der Waals surface area (Å²) < 4.78 is 1.75. The third-order valence-corrected chi connectivity index (χ3v) is 5.11. The molecule has 0 unspecified atom stereocenters. The molecule has 0 saturated heterocycles. The number of nitrogens with one attached hydrogen (secondary N) is 1. The van der Waals surface area contributed by atoms with E-state index in [1.54, 1.807) is 53.1 Å². The number of para-hydroxylation sites is 2. The normalized spacial score (nSPS) is 11.3. The SMILES string of the molecule is O=C(Cn1c2ccccc2c(=O)c2ccccc21)N/N=C\c1cc([N+](=O)[O-])ccc1Cl. The molecular weight excluding hydrogens is 420 g/mol. The van der Waals surface area contributed by atoms with Crippen molar-refractivity contribution in [1.82, 2.24) is 9.99 Å². The van der Waals surface area contributed by atoms with Crippen LogP contribution in [0.2, 0.25) is 5.02 Å².